The van der Waals surface area contributed by atoms with E-state index < -0.39 is 11.6 Å². The van der Waals surface area contributed by atoms with E-state index in [2.05, 4.69) is 15.3 Å². The molecule has 1 aliphatic rings. The number of rotatable bonds is 3. The van der Waals surface area contributed by atoms with Crippen molar-refractivity contribution in [2.45, 2.75) is 0 Å². The summed E-state index contributed by atoms with van der Waals surface area (Å²) in [5.74, 6) is -0.413. The molecule has 1 aromatic heterocycles. The molecular formula is C19H12ClN3O2. The number of allylic oxidation sites excluding steroid dienone is 2. The van der Waals surface area contributed by atoms with Gasteiger partial charge in [0.15, 0.2) is 0 Å². The summed E-state index contributed by atoms with van der Waals surface area (Å²) < 4.78 is 0. The monoisotopic (exact) mass is 349 g/mol. The van der Waals surface area contributed by atoms with Crippen molar-refractivity contribution >= 4 is 28.9 Å². The van der Waals surface area contributed by atoms with E-state index in [9.17, 15) is 9.59 Å². The number of nitrogens with zero attached hydrogens (tertiary/aromatic N) is 1. The first-order valence-corrected chi connectivity index (χ1v) is 7.99. The van der Waals surface area contributed by atoms with Crippen molar-refractivity contribution in [2.75, 3.05) is 5.32 Å². The van der Waals surface area contributed by atoms with Crippen LogP contribution in [0.25, 0.3) is 11.4 Å². The Hall–Kier alpha value is -3.18. The van der Waals surface area contributed by atoms with Gasteiger partial charge < -0.3 is 10.3 Å². The molecule has 0 spiro atoms. The molecule has 0 radical (unpaired) electrons. The van der Waals surface area contributed by atoms with Crippen LogP contribution >= 0.6 is 11.6 Å². The molecule has 0 unspecified atom stereocenters. The molecule has 1 heterocycles. The summed E-state index contributed by atoms with van der Waals surface area (Å²) >= 11 is 6.16. The maximum absolute atomic E-state index is 12.8. The number of aromatic nitrogens is 2. The lowest BCUT2D eigenvalue weighted by molar-refractivity contribution is 0.0977. The third-order valence-electron chi connectivity index (χ3n) is 3.88. The Bertz CT molecular complexity index is 1010. The topological polar surface area (TPSA) is 74.8 Å². The zero-order chi connectivity index (χ0) is 17.4. The Kier molecular flexibility index (Phi) is 3.71. The number of Topliss-reactive ketones (excluding diaryl/α,β-unsaturated/α-hetero) is 2. The van der Waals surface area contributed by atoms with Gasteiger partial charge in [-0.25, -0.2) is 4.98 Å². The fourth-order valence-electron chi connectivity index (χ4n) is 2.65. The van der Waals surface area contributed by atoms with Gasteiger partial charge in [0.05, 0.1) is 0 Å². The zero-order valence-electron chi connectivity index (χ0n) is 12.9. The Morgan fingerprint density at radius 1 is 0.880 bits per heavy atom. The minimum atomic E-state index is -0.454. The second-order valence-corrected chi connectivity index (χ2v) is 5.89. The van der Waals surface area contributed by atoms with Crippen molar-refractivity contribution < 1.29 is 9.59 Å². The van der Waals surface area contributed by atoms with E-state index in [0.29, 0.717) is 11.5 Å². The zero-order valence-corrected chi connectivity index (χ0v) is 13.7. The molecular weight excluding hydrogens is 338 g/mol. The Balaban J connectivity index is 1.75. The van der Waals surface area contributed by atoms with E-state index in [-0.39, 0.29) is 22.1 Å². The highest BCUT2D eigenvalue weighted by atomic mass is 35.5. The normalized spacial score (nSPS) is 13.8. The highest BCUT2D eigenvalue weighted by molar-refractivity contribution is 6.50. The lowest BCUT2D eigenvalue weighted by Crippen LogP contribution is -2.24. The summed E-state index contributed by atoms with van der Waals surface area (Å²) in [5.41, 5.74) is 1.68. The first kappa shape index (κ1) is 15.4. The lowest BCUT2D eigenvalue weighted by Gasteiger charge is -2.15. The highest BCUT2D eigenvalue weighted by Gasteiger charge is 2.35. The molecule has 0 fully saturated rings. The standard InChI is InChI=1S/C19H12ClN3O2/c20-13-14(21-12-9-5-2-6-10-12)18(25)16-15(17(13)24)22-19(23-16)11-7-3-1-4-8-11/h1-10,21H,(H,22,23). The van der Waals surface area contributed by atoms with Crippen molar-refractivity contribution in [3.8, 4) is 11.4 Å². The number of para-hydroxylation sites is 1. The van der Waals surface area contributed by atoms with Crippen LogP contribution < -0.4 is 5.32 Å². The van der Waals surface area contributed by atoms with Crippen LogP contribution in [-0.4, -0.2) is 21.5 Å². The number of halogens is 1. The van der Waals surface area contributed by atoms with Crippen molar-refractivity contribution in [2.24, 2.45) is 0 Å². The summed E-state index contributed by atoms with van der Waals surface area (Å²) in [6, 6.07) is 18.3. The third kappa shape index (κ3) is 2.64. The summed E-state index contributed by atoms with van der Waals surface area (Å²) in [6.45, 7) is 0. The largest absolute Gasteiger partial charge is 0.351 e. The molecule has 0 amide bonds. The quantitative estimate of drug-likeness (QED) is 0.749. The fourth-order valence-corrected chi connectivity index (χ4v) is 2.88. The number of fused-ring (bicyclic) bond motifs is 1. The van der Waals surface area contributed by atoms with E-state index in [1.165, 1.54) is 0 Å². The molecule has 0 bridgehead atoms. The number of imidazole rings is 1. The first-order valence-electron chi connectivity index (χ1n) is 7.62. The molecule has 0 atom stereocenters. The highest BCUT2D eigenvalue weighted by Crippen LogP contribution is 2.30. The van der Waals surface area contributed by atoms with Gasteiger partial charge in [0.1, 0.15) is 27.9 Å². The summed E-state index contributed by atoms with van der Waals surface area (Å²) in [4.78, 5) is 32.6. The van der Waals surface area contributed by atoms with Gasteiger partial charge in [0.2, 0.25) is 11.6 Å². The van der Waals surface area contributed by atoms with Gasteiger partial charge in [-0.2, -0.15) is 0 Å². The maximum Gasteiger partial charge on any atom is 0.231 e. The molecule has 2 aromatic carbocycles. The van der Waals surface area contributed by atoms with Crippen molar-refractivity contribution in [3.05, 3.63) is 82.8 Å². The molecule has 0 saturated heterocycles. The van der Waals surface area contributed by atoms with E-state index in [0.717, 1.165) is 5.56 Å². The van der Waals surface area contributed by atoms with Gasteiger partial charge in [0.25, 0.3) is 0 Å². The molecule has 4 rings (SSSR count). The fraction of sp³-hybridized carbons (Fsp3) is 0. The molecule has 6 heteroatoms. The molecule has 2 N–H and O–H groups in total. The number of aromatic amines is 1. The number of carbonyl (C=O) groups is 2. The van der Waals surface area contributed by atoms with Gasteiger partial charge in [-0.05, 0) is 12.1 Å². The van der Waals surface area contributed by atoms with E-state index >= 15 is 0 Å². The van der Waals surface area contributed by atoms with Crippen LogP contribution in [0.5, 0.6) is 0 Å². The third-order valence-corrected chi connectivity index (χ3v) is 4.24. The number of H-pyrrole nitrogens is 1. The van der Waals surface area contributed by atoms with E-state index in [1.807, 2.05) is 48.5 Å². The maximum atomic E-state index is 12.8. The van der Waals surface area contributed by atoms with Crippen LogP contribution in [0.4, 0.5) is 5.69 Å². The lowest BCUT2D eigenvalue weighted by atomic mass is 10.0. The molecule has 1 aliphatic carbocycles. The van der Waals surface area contributed by atoms with Crippen LogP contribution in [0.15, 0.2) is 71.4 Å². The number of anilines is 1. The average Bonchev–Trinajstić information content (AvgIpc) is 3.11. The van der Waals surface area contributed by atoms with Crippen molar-refractivity contribution in [1.29, 1.82) is 0 Å². The molecule has 3 aromatic rings. The molecule has 5 nitrogen and oxygen atoms in total. The number of nitrogens with one attached hydrogen (secondary N) is 2. The van der Waals surface area contributed by atoms with Gasteiger partial charge in [-0.15, -0.1) is 0 Å². The van der Waals surface area contributed by atoms with Gasteiger partial charge in [-0.3, -0.25) is 9.59 Å². The predicted octanol–water partition coefficient (Wildman–Crippen LogP) is 4.02. The van der Waals surface area contributed by atoms with Crippen LogP contribution in [0.3, 0.4) is 0 Å². The Morgan fingerprint density at radius 2 is 1.52 bits per heavy atom. The molecule has 0 aliphatic heterocycles. The Morgan fingerprint density at radius 3 is 2.20 bits per heavy atom. The number of carbonyl (C=O) groups excluding carboxylic acids is 2. The smallest absolute Gasteiger partial charge is 0.231 e. The van der Waals surface area contributed by atoms with Crippen LogP contribution in [0, 0.1) is 0 Å². The predicted molar refractivity (Wildman–Crippen MR) is 95.6 cm³/mol. The second-order valence-electron chi connectivity index (χ2n) is 5.51. The van der Waals surface area contributed by atoms with Crippen LogP contribution in [-0.2, 0) is 0 Å². The number of ketones is 2. The second kappa shape index (κ2) is 6.03. The summed E-state index contributed by atoms with van der Waals surface area (Å²) in [7, 11) is 0. The first-order chi connectivity index (χ1) is 12.1. The SMILES string of the molecule is O=C1C(Nc2ccccc2)=C(Cl)C(=O)c2[nH]c(-c3ccccc3)nc21. The molecule has 122 valence electrons. The summed E-state index contributed by atoms with van der Waals surface area (Å²) in [6.07, 6.45) is 0. The van der Waals surface area contributed by atoms with Crippen LogP contribution in [0.1, 0.15) is 21.0 Å². The number of hydrogen-bond donors (Lipinski definition) is 2. The van der Waals surface area contributed by atoms with E-state index in [4.69, 9.17) is 11.6 Å². The number of hydrogen-bond acceptors (Lipinski definition) is 4. The molecule has 0 saturated carbocycles. The van der Waals surface area contributed by atoms with Gasteiger partial charge in [-0.1, -0.05) is 60.1 Å². The van der Waals surface area contributed by atoms with Crippen molar-refractivity contribution in [1.82, 2.24) is 9.97 Å². The van der Waals surface area contributed by atoms with Gasteiger partial charge in [0, 0.05) is 11.3 Å². The molecule has 25 heavy (non-hydrogen) atoms. The van der Waals surface area contributed by atoms with Crippen molar-refractivity contribution in [3.63, 3.8) is 0 Å². The number of benzene rings is 2. The minimum Gasteiger partial charge on any atom is -0.351 e. The van der Waals surface area contributed by atoms with Crippen LogP contribution in [0.2, 0.25) is 0 Å². The Labute approximate surface area is 148 Å². The van der Waals surface area contributed by atoms with Gasteiger partial charge >= 0.3 is 0 Å². The summed E-state index contributed by atoms with van der Waals surface area (Å²) in [5, 5.41) is 2.78. The van der Waals surface area contributed by atoms with E-state index in [1.54, 1.807) is 12.1 Å². The average molecular weight is 350 g/mol. The minimum absolute atomic E-state index is 0.0384.